The highest BCUT2D eigenvalue weighted by Gasteiger charge is 2.61. The van der Waals surface area contributed by atoms with Crippen molar-refractivity contribution in [3.05, 3.63) is 11.6 Å². The van der Waals surface area contributed by atoms with Gasteiger partial charge in [0.25, 0.3) is 0 Å². The Labute approximate surface area is 190 Å². The average Bonchev–Trinajstić information content (AvgIpc) is 3.04. The first kappa shape index (κ1) is 23.8. The monoisotopic (exact) mass is 432 g/mol. The Balaban J connectivity index is 1.57. The molecule has 0 spiro atoms. The summed E-state index contributed by atoms with van der Waals surface area (Å²) in [6, 6.07) is 0. The number of hydrogen-bond acceptors (Lipinski definition) is 3. The minimum Gasteiger partial charge on any atom is -0.390 e. The summed E-state index contributed by atoms with van der Waals surface area (Å²) in [5.74, 6) is 2.83. The highest BCUT2D eigenvalue weighted by molar-refractivity contribution is 5.29. The van der Waals surface area contributed by atoms with Crippen LogP contribution in [0.1, 0.15) is 106 Å². The first-order chi connectivity index (χ1) is 14.3. The molecule has 0 aliphatic heterocycles. The molecule has 1 unspecified atom stereocenters. The first-order valence-electron chi connectivity index (χ1n) is 13.2. The molecule has 31 heavy (non-hydrogen) atoms. The first-order valence-corrected chi connectivity index (χ1v) is 13.2. The molecule has 3 fully saturated rings. The van der Waals surface area contributed by atoms with Crippen molar-refractivity contribution < 1.29 is 15.3 Å². The van der Waals surface area contributed by atoms with Crippen molar-refractivity contribution in [1.29, 1.82) is 0 Å². The third kappa shape index (κ3) is 3.95. The number of aliphatic hydroxyl groups is 3. The maximum Gasteiger partial charge on any atom is 0.0757 e. The molecule has 0 saturated heterocycles. The molecule has 4 aliphatic rings. The van der Waals surface area contributed by atoms with Crippen molar-refractivity contribution in [1.82, 2.24) is 0 Å². The summed E-state index contributed by atoms with van der Waals surface area (Å²) in [4.78, 5) is 0. The molecule has 178 valence electrons. The average molecular weight is 433 g/mol. The lowest BCUT2D eigenvalue weighted by Gasteiger charge is -2.60. The molecule has 4 aliphatic carbocycles. The van der Waals surface area contributed by atoms with Crippen LogP contribution in [0, 0.1) is 40.4 Å². The fourth-order valence-electron chi connectivity index (χ4n) is 8.76. The summed E-state index contributed by atoms with van der Waals surface area (Å²) >= 11 is 0. The predicted octanol–water partition coefficient (Wildman–Crippen LogP) is 5.86. The van der Waals surface area contributed by atoms with E-state index in [1.807, 2.05) is 13.8 Å². The van der Waals surface area contributed by atoms with Gasteiger partial charge in [-0.1, -0.05) is 39.3 Å². The van der Waals surface area contributed by atoms with Crippen molar-refractivity contribution >= 4 is 0 Å². The van der Waals surface area contributed by atoms with E-state index in [0.717, 1.165) is 38.5 Å². The van der Waals surface area contributed by atoms with E-state index in [9.17, 15) is 15.3 Å². The van der Waals surface area contributed by atoms with Gasteiger partial charge in [-0.2, -0.15) is 0 Å². The van der Waals surface area contributed by atoms with E-state index in [1.165, 1.54) is 31.3 Å². The molecule has 3 heteroatoms. The summed E-state index contributed by atoms with van der Waals surface area (Å²) in [5.41, 5.74) is 0.643. The Morgan fingerprint density at radius 1 is 1.10 bits per heavy atom. The van der Waals surface area contributed by atoms with Crippen LogP contribution in [-0.2, 0) is 0 Å². The molecular formula is C28H48O3. The van der Waals surface area contributed by atoms with Gasteiger partial charge in [-0.15, -0.1) is 0 Å². The minimum absolute atomic E-state index is 0.150. The van der Waals surface area contributed by atoms with Crippen LogP contribution in [0.15, 0.2) is 11.6 Å². The van der Waals surface area contributed by atoms with Gasteiger partial charge in [0.1, 0.15) is 0 Å². The largest absolute Gasteiger partial charge is 0.390 e. The van der Waals surface area contributed by atoms with Gasteiger partial charge in [0.15, 0.2) is 0 Å². The highest BCUT2D eigenvalue weighted by atomic mass is 16.3. The third-order valence-corrected chi connectivity index (χ3v) is 10.9. The lowest BCUT2D eigenvalue weighted by molar-refractivity contribution is -0.108. The second-order valence-corrected chi connectivity index (χ2v) is 13.2. The molecule has 0 radical (unpaired) electrons. The van der Waals surface area contributed by atoms with Crippen LogP contribution in [-0.4, -0.2) is 32.6 Å². The van der Waals surface area contributed by atoms with Crippen LogP contribution in [0.4, 0.5) is 0 Å². The van der Waals surface area contributed by atoms with Crippen LogP contribution >= 0.6 is 0 Å². The predicted molar refractivity (Wildman–Crippen MR) is 127 cm³/mol. The van der Waals surface area contributed by atoms with Crippen molar-refractivity contribution in [2.45, 2.75) is 123 Å². The van der Waals surface area contributed by atoms with E-state index in [-0.39, 0.29) is 11.5 Å². The molecule has 3 N–H and O–H groups in total. The summed E-state index contributed by atoms with van der Waals surface area (Å²) < 4.78 is 0. The van der Waals surface area contributed by atoms with Gasteiger partial charge in [0.2, 0.25) is 0 Å². The van der Waals surface area contributed by atoms with Gasteiger partial charge < -0.3 is 15.3 Å². The van der Waals surface area contributed by atoms with Gasteiger partial charge in [-0.3, -0.25) is 0 Å². The fraction of sp³-hybridized carbons (Fsp3) is 0.929. The van der Waals surface area contributed by atoms with Crippen LogP contribution in [0.3, 0.4) is 0 Å². The topological polar surface area (TPSA) is 60.7 Å². The summed E-state index contributed by atoms with van der Waals surface area (Å²) in [5, 5.41) is 32.6. The maximum absolute atomic E-state index is 11.4. The molecule has 0 aromatic heterocycles. The summed E-state index contributed by atoms with van der Waals surface area (Å²) in [6.45, 7) is 13.3. The molecule has 0 heterocycles. The van der Waals surface area contributed by atoms with Crippen molar-refractivity contribution in [3.63, 3.8) is 0 Å². The number of aliphatic hydroxyl groups excluding tert-OH is 1. The lowest BCUT2D eigenvalue weighted by atomic mass is 9.45. The molecule has 4 rings (SSSR count). The van der Waals surface area contributed by atoms with Crippen LogP contribution in [0.2, 0.25) is 0 Å². The molecular weight excluding hydrogens is 384 g/mol. The molecule has 0 amide bonds. The Kier molecular flexibility index (Phi) is 6.01. The SMILES string of the molecule is CC[C@]1(O)CC[C@@]2(C)C(=C[C@H](O)[C@@H]3C2CC[C@]2(C)[C@@H]([C@H](C)CCC(C)(C)O)CC[C@@H]32)C1. The second-order valence-electron chi connectivity index (χ2n) is 13.2. The Bertz CT molecular complexity index is 708. The van der Waals surface area contributed by atoms with Gasteiger partial charge in [-0.25, -0.2) is 0 Å². The van der Waals surface area contributed by atoms with Crippen molar-refractivity contribution in [2.24, 2.45) is 40.4 Å². The summed E-state index contributed by atoms with van der Waals surface area (Å²) in [6.07, 6.45) is 12.3. The third-order valence-electron chi connectivity index (χ3n) is 10.9. The highest BCUT2D eigenvalue weighted by Crippen LogP contribution is 2.67. The zero-order valence-electron chi connectivity index (χ0n) is 21.0. The lowest BCUT2D eigenvalue weighted by Crippen LogP contribution is -2.56. The molecule has 9 atom stereocenters. The number of rotatable bonds is 5. The second kappa shape index (κ2) is 7.84. The smallest absolute Gasteiger partial charge is 0.0757 e. The summed E-state index contributed by atoms with van der Waals surface area (Å²) in [7, 11) is 0. The molecule has 0 bridgehead atoms. The van der Waals surface area contributed by atoms with Crippen LogP contribution in [0.5, 0.6) is 0 Å². The molecule has 0 aromatic carbocycles. The van der Waals surface area contributed by atoms with E-state index in [1.54, 1.807) is 0 Å². The molecule has 3 nitrogen and oxygen atoms in total. The van der Waals surface area contributed by atoms with Crippen molar-refractivity contribution in [2.75, 3.05) is 0 Å². The normalized spacial score (nSPS) is 48.4. The van der Waals surface area contributed by atoms with Gasteiger partial charge in [0.05, 0.1) is 17.3 Å². The van der Waals surface area contributed by atoms with E-state index < -0.39 is 11.2 Å². The van der Waals surface area contributed by atoms with E-state index in [0.29, 0.717) is 35.0 Å². The Hall–Kier alpha value is -0.380. The Morgan fingerprint density at radius 2 is 1.81 bits per heavy atom. The fourth-order valence-corrected chi connectivity index (χ4v) is 8.76. The van der Waals surface area contributed by atoms with Crippen LogP contribution in [0.25, 0.3) is 0 Å². The van der Waals surface area contributed by atoms with E-state index in [2.05, 4.69) is 33.8 Å². The Morgan fingerprint density at radius 3 is 2.45 bits per heavy atom. The molecule has 0 aromatic rings. The van der Waals surface area contributed by atoms with Crippen molar-refractivity contribution in [3.8, 4) is 0 Å². The molecule has 3 saturated carbocycles. The van der Waals surface area contributed by atoms with E-state index in [4.69, 9.17) is 0 Å². The number of hydrogen-bond donors (Lipinski definition) is 3. The van der Waals surface area contributed by atoms with Crippen LogP contribution < -0.4 is 0 Å². The van der Waals surface area contributed by atoms with Gasteiger partial charge >= 0.3 is 0 Å². The maximum atomic E-state index is 11.4. The minimum atomic E-state index is -0.582. The zero-order chi connectivity index (χ0) is 22.8. The standard InChI is InChI=1S/C28H48O3/c1-7-28(31)15-14-26(5)19(17-28)16-23(29)24-21-9-8-20(18(2)10-12-25(3,4)30)27(21,6)13-11-22(24)26/h16,18,20-24,29-31H,7-15,17H2,1-6H3/t18-,20-,21+,22?,23+,24+,26+,27-,28+/m1/s1. The van der Waals surface area contributed by atoms with Gasteiger partial charge in [-0.05, 0) is 118 Å². The van der Waals surface area contributed by atoms with Gasteiger partial charge in [0, 0.05) is 0 Å². The zero-order valence-corrected chi connectivity index (χ0v) is 21.0. The van der Waals surface area contributed by atoms with E-state index >= 15 is 0 Å². The number of fused-ring (bicyclic) bond motifs is 5. The quantitative estimate of drug-likeness (QED) is 0.477.